The number of unbranched alkanes of at least 4 members (excludes halogenated alkanes) is 37. The third-order valence-corrected chi connectivity index (χ3v) is 11.5. The van der Waals surface area contributed by atoms with Gasteiger partial charge in [0.2, 0.25) is 0 Å². The van der Waals surface area contributed by atoms with E-state index in [1.54, 1.807) is 0 Å². The molecule has 0 aliphatic carbocycles. The minimum absolute atomic E-state index is 0.00730. The summed E-state index contributed by atoms with van der Waals surface area (Å²) in [6.45, 7) is 5.13. The first-order chi connectivity index (χ1) is 26.2. The maximum atomic E-state index is 12.0. The van der Waals surface area contributed by atoms with Gasteiger partial charge >= 0.3 is 5.97 Å². The molecule has 3 nitrogen and oxygen atoms in total. The van der Waals surface area contributed by atoms with E-state index in [4.69, 9.17) is 4.74 Å². The highest BCUT2D eigenvalue weighted by molar-refractivity contribution is 5.69. The van der Waals surface area contributed by atoms with Gasteiger partial charge in [-0.2, -0.15) is 0 Å². The third kappa shape index (κ3) is 47.2. The molecule has 0 aromatic rings. The molecule has 0 unspecified atom stereocenters. The van der Waals surface area contributed by atoms with Gasteiger partial charge in [0.15, 0.2) is 0 Å². The van der Waals surface area contributed by atoms with Gasteiger partial charge in [0, 0.05) is 6.42 Å². The van der Waals surface area contributed by atoms with Crippen LogP contribution in [0.25, 0.3) is 0 Å². The van der Waals surface area contributed by atoms with Crippen molar-refractivity contribution in [1.29, 1.82) is 0 Å². The Morgan fingerprint density at radius 2 is 0.736 bits per heavy atom. The first-order valence-electron chi connectivity index (χ1n) is 24.7. The SMILES string of the molecule is CCCCCCCCCCCCCCCCCCCCCCCCCCCCCCCC(=O)OCCCCCCCC/C=C\C[C@H](O)CCCCCC. The quantitative estimate of drug-likeness (QED) is 0.0383. The van der Waals surface area contributed by atoms with Gasteiger partial charge < -0.3 is 9.84 Å². The van der Waals surface area contributed by atoms with E-state index in [1.807, 2.05) is 0 Å². The summed E-state index contributed by atoms with van der Waals surface area (Å²) < 4.78 is 5.46. The average molecular weight is 747 g/mol. The number of aliphatic hydroxyl groups is 1. The normalized spacial score (nSPS) is 12.3. The van der Waals surface area contributed by atoms with Gasteiger partial charge in [-0.3, -0.25) is 4.79 Å². The molecule has 0 aliphatic rings. The molecular formula is C50H98O3. The van der Waals surface area contributed by atoms with E-state index in [0.29, 0.717) is 13.0 Å². The van der Waals surface area contributed by atoms with E-state index in [9.17, 15) is 9.90 Å². The molecule has 53 heavy (non-hydrogen) atoms. The second-order valence-corrected chi connectivity index (χ2v) is 17.0. The van der Waals surface area contributed by atoms with Crippen LogP contribution in [0.5, 0.6) is 0 Å². The highest BCUT2D eigenvalue weighted by atomic mass is 16.5. The summed E-state index contributed by atoms with van der Waals surface area (Å²) in [7, 11) is 0. The molecule has 0 aromatic carbocycles. The molecule has 1 N–H and O–H groups in total. The van der Waals surface area contributed by atoms with E-state index in [0.717, 1.165) is 44.9 Å². The minimum atomic E-state index is -0.158. The molecule has 0 spiro atoms. The second kappa shape index (κ2) is 47.3. The smallest absolute Gasteiger partial charge is 0.305 e. The Balaban J connectivity index is 3.19. The highest BCUT2D eigenvalue weighted by Gasteiger charge is 2.04. The fourth-order valence-corrected chi connectivity index (χ4v) is 7.74. The molecule has 0 radical (unpaired) electrons. The van der Waals surface area contributed by atoms with Crippen molar-refractivity contribution in [2.75, 3.05) is 6.61 Å². The van der Waals surface area contributed by atoms with E-state index in [-0.39, 0.29) is 12.1 Å². The Hall–Kier alpha value is -0.830. The van der Waals surface area contributed by atoms with E-state index in [1.165, 1.54) is 225 Å². The lowest BCUT2D eigenvalue weighted by molar-refractivity contribution is -0.143. The van der Waals surface area contributed by atoms with Gasteiger partial charge in [-0.1, -0.05) is 257 Å². The monoisotopic (exact) mass is 747 g/mol. The van der Waals surface area contributed by atoms with Gasteiger partial charge in [0.25, 0.3) is 0 Å². The van der Waals surface area contributed by atoms with Crippen LogP contribution in [0.3, 0.4) is 0 Å². The number of allylic oxidation sites excluding steroid dienone is 1. The summed E-state index contributed by atoms with van der Waals surface area (Å²) in [4.78, 5) is 12.0. The van der Waals surface area contributed by atoms with Crippen molar-refractivity contribution in [1.82, 2.24) is 0 Å². The van der Waals surface area contributed by atoms with Crippen molar-refractivity contribution in [3.8, 4) is 0 Å². The van der Waals surface area contributed by atoms with E-state index < -0.39 is 0 Å². The molecule has 0 bridgehead atoms. The zero-order valence-corrected chi connectivity index (χ0v) is 36.6. The molecule has 0 fully saturated rings. The third-order valence-electron chi connectivity index (χ3n) is 11.5. The Kier molecular flexibility index (Phi) is 46.6. The lowest BCUT2D eigenvalue weighted by Gasteiger charge is -2.07. The summed E-state index contributed by atoms with van der Waals surface area (Å²) in [6.07, 6.45) is 60.8. The van der Waals surface area contributed by atoms with Crippen LogP contribution in [0, 0.1) is 0 Å². The fourth-order valence-electron chi connectivity index (χ4n) is 7.74. The number of esters is 1. The zero-order valence-electron chi connectivity index (χ0n) is 36.6. The molecule has 0 aliphatic heterocycles. The van der Waals surface area contributed by atoms with Gasteiger partial charge in [-0.25, -0.2) is 0 Å². The van der Waals surface area contributed by atoms with Crippen molar-refractivity contribution in [3.63, 3.8) is 0 Å². The maximum absolute atomic E-state index is 12.0. The molecule has 0 saturated carbocycles. The van der Waals surface area contributed by atoms with Crippen LogP contribution in [-0.2, 0) is 9.53 Å². The van der Waals surface area contributed by atoms with Crippen LogP contribution in [0.15, 0.2) is 12.2 Å². The van der Waals surface area contributed by atoms with Crippen molar-refractivity contribution in [2.24, 2.45) is 0 Å². The number of rotatable bonds is 46. The van der Waals surface area contributed by atoms with Crippen molar-refractivity contribution in [3.05, 3.63) is 12.2 Å². The van der Waals surface area contributed by atoms with Gasteiger partial charge in [0.1, 0.15) is 0 Å². The van der Waals surface area contributed by atoms with Crippen molar-refractivity contribution < 1.29 is 14.6 Å². The largest absolute Gasteiger partial charge is 0.466 e. The summed E-state index contributed by atoms with van der Waals surface area (Å²) in [5.74, 6) is 0.00730. The van der Waals surface area contributed by atoms with Crippen LogP contribution < -0.4 is 0 Å². The van der Waals surface area contributed by atoms with Crippen molar-refractivity contribution >= 4 is 5.97 Å². The summed E-state index contributed by atoms with van der Waals surface area (Å²) in [5.41, 5.74) is 0. The molecular weight excluding hydrogens is 649 g/mol. The van der Waals surface area contributed by atoms with Crippen LogP contribution in [0.1, 0.15) is 290 Å². The summed E-state index contributed by atoms with van der Waals surface area (Å²) in [6, 6.07) is 0. The minimum Gasteiger partial charge on any atom is -0.466 e. The highest BCUT2D eigenvalue weighted by Crippen LogP contribution is 2.17. The zero-order chi connectivity index (χ0) is 38.4. The molecule has 0 rings (SSSR count). The first-order valence-corrected chi connectivity index (χ1v) is 24.7. The molecule has 0 saturated heterocycles. The van der Waals surface area contributed by atoms with Crippen molar-refractivity contribution in [2.45, 2.75) is 296 Å². The van der Waals surface area contributed by atoms with Gasteiger partial charge in [-0.15, -0.1) is 0 Å². The number of carbonyl (C=O) groups excluding carboxylic acids is 1. The molecule has 316 valence electrons. The Morgan fingerprint density at radius 1 is 0.415 bits per heavy atom. The number of hydrogen-bond acceptors (Lipinski definition) is 3. The standard InChI is InChI=1S/C50H98O3/c1-3-5-7-9-10-11-12-13-14-15-16-17-18-19-20-21-22-23-24-25-26-27-28-29-30-33-36-39-43-47-50(52)53-48-44-40-37-34-31-32-35-38-42-46-49(51)45-41-8-6-4-2/h38,42,49,51H,3-37,39-41,43-48H2,1-2H3/b42-38-/t49-/m1/s1. The van der Waals surface area contributed by atoms with Crippen LogP contribution in [0.4, 0.5) is 0 Å². The molecule has 1 atom stereocenters. The summed E-state index contributed by atoms with van der Waals surface area (Å²) in [5, 5.41) is 10.0. The Bertz CT molecular complexity index is 703. The molecule has 0 heterocycles. The molecule has 3 heteroatoms. The predicted octanol–water partition coefficient (Wildman–Crippen LogP) is 17.3. The number of hydrogen-bond donors (Lipinski definition) is 1. The number of aliphatic hydroxyl groups excluding tert-OH is 1. The Morgan fingerprint density at radius 3 is 1.13 bits per heavy atom. The maximum Gasteiger partial charge on any atom is 0.305 e. The number of ether oxygens (including phenoxy) is 1. The molecule has 0 aromatic heterocycles. The fraction of sp³-hybridized carbons (Fsp3) is 0.940. The van der Waals surface area contributed by atoms with E-state index in [2.05, 4.69) is 26.0 Å². The van der Waals surface area contributed by atoms with Crippen LogP contribution in [0.2, 0.25) is 0 Å². The van der Waals surface area contributed by atoms with E-state index >= 15 is 0 Å². The first kappa shape index (κ1) is 52.2. The van der Waals surface area contributed by atoms with Gasteiger partial charge in [-0.05, 0) is 38.5 Å². The van der Waals surface area contributed by atoms with Gasteiger partial charge in [0.05, 0.1) is 12.7 Å². The number of carbonyl (C=O) groups is 1. The topological polar surface area (TPSA) is 46.5 Å². The lowest BCUT2D eigenvalue weighted by atomic mass is 10.0. The molecule has 0 amide bonds. The lowest BCUT2D eigenvalue weighted by Crippen LogP contribution is -2.05. The van der Waals surface area contributed by atoms with Crippen LogP contribution in [-0.4, -0.2) is 23.8 Å². The Labute approximate surface area is 334 Å². The predicted molar refractivity (Wildman–Crippen MR) is 236 cm³/mol. The average Bonchev–Trinajstić information content (AvgIpc) is 3.16. The van der Waals surface area contributed by atoms with Crippen LogP contribution >= 0.6 is 0 Å². The second-order valence-electron chi connectivity index (χ2n) is 17.0. The summed E-state index contributed by atoms with van der Waals surface area (Å²) >= 11 is 0.